The largest absolute Gasteiger partial charge is 0.298 e. The second-order valence-corrected chi connectivity index (χ2v) is 3.19. The van der Waals surface area contributed by atoms with Crippen molar-refractivity contribution in [1.29, 1.82) is 0 Å². The highest BCUT2D eigenvalue weighted by atomic mass is 19.1. The highest BCUT2D eigenvalue weighted by molar-refractivity contribution is 5.89. The number of benzene rings is 1. The average molecular weight is 192 g/mol. The Kier molecular flexibility index (Phi) is 1.84. The fourth-order valence-corrected chi connectivity index (χ4v) is 1.50. The Morgan fingerprint density at radius 1 is 1.50 bits per heavy atom. The van der Waals surface area contributed by atoms with Crippen molar-refractivity contribution in [3.63, 3.8) is 0 Å². The second kappa shape index (κ2) is 2.90. The van der Waals surface area contributed by atoms with Gasteiger partial charge in [-0.25, -0.2) is 4.39 Å². The summed E-state index contributed by atoms with van der Waals surface area (Å²) in [7, 11) is 1.75. The molecular formula is C10H9FN2O. The van der Waals surface area contributed by atoms with Gasteiger partial charge >= 0.3 is 0 Å². The molecule has 72 valence electrons. The first kappa shape index (κ1) is 8.87. The summed E-state index contributed by atoms with van der Waals surface area (Å²) in [6.45, 7) is 1.77. The maximum absolute atomic E-state index is 13.7. The van der Waals surface area contributed by atoms with Gasteiger partial charge in [-0.3, -0.25) is 9.48 Å². The van der Waals surface area contributed by atoms with Gasteiger partial charge in [-0.1, -0.05) is 0 Å². The number of rotatable bonds is 1. The zero-order chi connectivity index (χ0) is 10.3. The van der Waals surface area contributed by atoms with Crippen molar-refractivity contribution in [2.45, 2.75) is 6.92 Å². The van der Waals surface area contributed by atoms with Crippen molar-refractivity contribution in [3.8, 4) is 0 Å². The molecule has 4 heteroatoms. The Morgan fingerprint density at radius 2 is 2.21 bits per heavy atom. The smallest absolute Gasteiger partial charge is 0.153 e. The number of carbonyl (C=O) groups is 1. The maximum atomic E-state index is 13.7. The predicted octanol–water partition coefficient (Wildman–Crippen LogP) is 1.83. The van der Waals surface area contributed by atoms with Gasteiger partial charge in [0.2, 0.25) is 0 Å². The van der Waals surface area contributed by atoms with Crippen molar-refractivity contribution in [2.24, 2.45) is 7.05 Å². The molecule has 0 unspecified atom stereocenters. The van der Waals surface area contributed by atoms with Gasteiger partial charge in [0.15, 0.2) is 6.29 Å². The zero-order valence-electron chi connectivity index (χ0n) is 7.91. The van der Waals surface area contributed by atoms with Gasteiger partial charge in [0.1, 0.15) is 5.82 Å². The topological polar surface area (TPSA) is 34.9 Å². The number of fused-ring (bicyclic) bond motifs is 1. The first-order valence-electron chi connectivity index (χ1n) is 4.22. The Bertz CT molecular complexity index is 516. The van der Waals surface area contributed by atoms with Crippen molar-refractivity contribution >= 4 is 17.2 Å². The van der Waals surface area contributed by atoms with Crippen LogP contribution in [0.5, 0.6) is 0 Å². The number of carbonyl (C=O) groups excluding carboxylic acids is 1. The molecule has 0 saturated heterocycles. The quantitative estimate of drug-likeness (QED) is 0.646. The van der Waals surface area contributed by atoms with Crippen LogP contribution >= 0.6 is 0 Å². The molecule has 2 rings (SSSR count). The van der Waals surface area contributed by atoms with E-state index in [1.165, 1.54) is 6.07 Å². The standard InChI is InChI=1S/C10H9FN2O/c1-6-9-8(12-13(6)2)4-3-7(5-14)10(9)11/h3-5H,1-2H3. The monoisotopic (exact) mass is 192 g/mol. The molecule has 0 amide bonds. The molecule has 0 aliphatic heterocycles. The van der Waals surface area contributed by atoms with Gasteiger partial charge < -0.3 is 0 Å². The number of nitrogens with zero attached hydrogens (tertiary/aromatic N) is 2. The summed E-state index contributed by atoms with van der Waals surface area (Å²) in [5.74, 6) is -0.483. The van der Waals surface area contributed by atoms with Gasteiger partial charge in [-0.05, 0) is 19.1 Å². The highest BCUT2D eigenvalue weighted by Crippen LogP contribution is 2.22. The molecule has 3 nitrogen and oxygen atoms in total. The van der Waals surface area contributed by atoms with Gasteiger partial charge in [0.05, 0.1) is 16.5 Å². The van der Waals surface area contributed by atoms with Crippen LogP contribution in [0.4, 0.5) is 4.39 Å². The minimum atomic E-state index is -0.483. The third-order valence-electron chi connectivity index (χ3n) is 2.38. The van der Waals surface area contributed by atoms with Crippen LogP contribution in [0.3, 0.4) is 0 Å². The second-order valence-electron chi connectivity index (χ2n) is 3.19. The van der Waals surface area contributed by atoms with E-state index < -0.39 is 5.82 Å². The van der Waals surface area contributed by atoms with Gasteiger partial charge in [-0.2, -0.15) is 5.10 Å². The molecule has 1 aromatic carbocycles. The molecule has 0 fully saturated rings. The lowest BCUT2D eigenvalue weighted by atomic mass is 10.1. The fraction of sp³-hybridized carbons (Fsp3) is 0.200. The average Bonchev–Trinajstić information content (AvgIpc) is 2.44. The summed E-state index contributed by atoms with van der Waals surface area (Å²) < 4.78 is 15.3. The number of halogens is 1. The molecule has 0 aliphatic rings. The van der Waals surface area contributed by atoms with Gasteiger partial charge in [0, 0.05) is 12.7 Å². The third kappa shape index (κ3) is 1.04. The van der Waals surface area contributed by atoms with Crippen molar-refractivity contribution < 1.29 is 9.18 Å². The molecule has 2 aromatic rings. The molecule has 0 radical (unpaired) electrons. The molecule has 0 aliphatic carbocycles. The van der Waals surface area contributed by atoms with Crippen LogP contribution in [0.1, 0.15) is 16.1 Å². The normalized spacial score (nSPS) is 10.8. The molecule has 0 bridgehead atoms. The molecule has 0 atom stereocenters. The molecule has 0 saturated carbocycles. The number of aryl methyl sites for hydroxylation is 2. The van der Waals surface area contributed by atoms with E-state index in [0.717, 1.165) is 5.69 Å². The Labute approximate surface area is 80.1 Å². The summed E-state index contributed by atoms with van der Waals surface area (Å²) in [5, 5.41) is 4.54. The van der Waals surface area contributed by atoms with Crippen molar-refractivity contribution in [2.75, 3.05) is 0 Å². The molecule has 1 heterocycles. The predicted molar refractivity (Wildman–Crippen MR) is 50.8 cm³/mol. The first-order valence-corrected chi connectivity index (χ1v) is 4.22. The van der Waals surface area contributed by atoms with Crippen molar-refractivity contribution in [3.05, 3.63) is 29.2 Å². The van der Waals surface area contributed by atoms with E-state index in [-0.39, 0.29) is 5.56 Å². The van der Waals surface area contributed by atoms with Crippen LogP contribution in [0.2, 0.25) is 0 Å². The summed E-state index contributed by atoms with van der Waals surface area (Å²) in [6, 6.07) is 3.09. The minimum Gasteiger partial charge on any atom is -0.298 e. The molecular weight excluding hydrogens is 183 g/mol. The molecule has 0 N–H and O–H groups in total. The lowest BCUT2D eigenvalue weighted by Crippen LogP contribution is -1.92. The Hall–Kier alpha value is -1.71. The van der Waals surface area contributed by atoms with E-state index in [1.54, 1.807) is 24.7 Å². The molecule has 0 spiro atoms. The molecule has 1 aromatic heterocycles. The van der Waals surface area contributed by atoms with E-state index >= 15 is 0 Å². The number of aromatic nitrogens is 2. The Morgan fingerprint density at radius 3 is 2.86 bits per heavy atom. The van der Waals surface area contributed by atoms with Crippen LogP contribution in [0.25, 0.3) is 10.9 Å². The lowest BCUT2D eigenvalue weighted by Gasteiger charge is -1.96. The SMILES string of the molecule is Cc1c2c(F)c(C=O)ccc2nn1C. The fourth-order valence-electron chi connectivity index (χ4n) is 1.50. The minimum absolute atomic E-state index is 0.0774. The number of hydrogen-bond acceptors (Lipinski definition) is 2. The van der Waals surface area contributed by atoms with Crippen LogP contribution in [0.15, 0.2) is 12.1 Å². The lowest BCUT2D eigenvalue weighted by molar-refractivity contribution is 0.112. The van der Waals surface area contributed by atoms with Gasteiger partial charge in [0.25, 0.3) is 0 Å². The summed E-state index contributed by atoms with van der Waals surface area (Å²) in [4.78, 5) is 10.5. The van der Waals surface area contributed by atoms with E-state index in [1.807, 2.05) is 0 Å². The van der Waals surface area contributed by atoms with Crippen molar-refractivity contribution in [1.82, 2.24) is 9.78 Å². The van der Waals surface area contributed by atoms with Gasteiger partial charge in [-0.15, -0.1) is 0 Å². The number of hydrogen-bond donors (Lipinski definition) is 0. The summed E-state index contributed by atoms with van der Waals surface area (Å²) >= 11 is 0. The van der Waals surface area contributed by atoms with Crippen LogP contribution < -0.4 is 0 Å². The van der Waals surface area contributed by atoms with E-state index in [9.17, 15) is 9.18 Å². The number of aldehydes is 1. The summed E-state index contributed by atoms with van der Waals surface area (Å²) in [6.07, 6.45) is 0.515. The zero-order valence-corrected chi connectivity index (χ0v) is 7.91. The highest BCUT2D eigenvalue weighted by Gasteiger charge is 2.12. The van der Waals surface area contributed by atoms with E-state index in [2.05, 4.69) is 5.10 Å². The summed E-state index contributed by atoms with van der Waals surface area (Å²) in [5.41, 5.74) is 1.38. The van der Waals surface area contributed by atoms with Crippen LogP contribution in [-0.2, 0) is 7.05 Å². The molecule has 14 heavy (non-hydrogen) atoms. The van der Waals surface area contributed by atoms with E-state index in [4.69, 9.17) is 0 Å². The maximum Gasteiger partial charge on any atom is 0.153 e. The first-order chi connectivity index (χ1) is 6.65. The van der Waals surface area contributed by atoms with Crippen LogP contribution in [-0.4, -0.2) is 16.1 Å². The third-order valence-corrected chi connectivity index (χ3v) is 2.38. The Balaban J connectivity index is 2.93. The van der Waals surface area contributed by atoms with E-state index in [0.29, 0.717) is 17.2 Å². The van der Waals surface area contributed by atoms with Crippen LogP contribution in [0, 0.1) is 12.7 Å².